The number of hydrogen-bond acceptors (Lipinski definition) is 3. The summed E-state index contributed by atoms with van der Waals surface area (Å²) in [5.41, 5.74) is 2.85. The Hall–Kier alpha value is -2.30. The molecular weight excluding hydrogens is 240 g/mol. The molecular formula is C14H16N4O. The van der Waals surface area contributed by atoms with Crippen LogP contribution < -0.4 is 10.2 Å². The Morgan fingerprint density at radius 2 is 2.16 bits per heavy atom. The van der Waals surface area contributed by atoms with E-state index in [2.05, 4.69) is 15.3 Å². The second kappa shape index (κ2) is 4.76. The number of rotatable bonds is 2. The lowest BCUT2D eigenvalue weighted by Gasteiger charge is -2.23. The van der Waals surface area contributed by atoms with Crippen molar-refractivity contribution in [3.05, 3.63) is 47.8 Å². The smallest absolute Gasteiger partial charge is 0.253 e. The molecule has 2 aromatic rings. The Kier molecular flexibility index (Phi) is 2.95. The fourth-order valence-corrected chi connectivity index (χ4v) is 2.38. The van der Waals surface area contributed by atoms with Gasteiger partial charge in [-0.25, -0.2) is 0 Å². The molecule has 3 rings (SSSR count). The molecule has 5 nitrogen and oxygen atoms in total. The zero-order chi connectivity index (χ0) is 13.2. The van der Waals surface area contributed by atoms with Crippen molar-refractivity contribution in [3.63, 3.8) is 0 Å². The number of amides is 1. The Morgan fingerprint density at radius 1 is 1.32 bits per heavy atom. The molecule has 1 N–H and O–H groups in total. The molecule has 0 unspecified atom stereocenters. The molecule has 1 aliphatic rings. The summed E-state index contributed by atoms with van der Waals surface area (Å²) in [5.74, 6) is 0.00288. The van der Waals surface area contributed by atoms with Gasteiger partial charge in [0.05, 0.1) is 17.8 Å². The third-order valence-corrected chi connectivity index (χ3v) is 3.43. The highest BCUT2D eigenvalue weighted by atomic mass is 16.1. The van der Waals surface area contributed by atoms with Crippen LogP contribution in [0, 0.1) is 0 Å². The molecule has 0 fully saturated rings. The second-order valence-corrected chi connectivity index (χ2v) is 4.64. The Labute approximate surface area is 111 Å². The maximum Gasteiger partial charge on any atom is 0.253 e. The zero-order valence-electron chi connectivity index (χ0n) is 10.8. The van der Waals surface area contributed by atoms with Gasteiger partial charge in [-0.2, -0.15) is 5.10 Å². The summed E-state index contributed by atoms with van der Waals surface area (Å²) in [7, 11) is 1.93. The van der Waals surface area contributed by atoms with Crippen LogP contribution in [0.5, 0.6) is 0 Å². The van der Waals surface area contributed by atoms with E-state index in [4.69, 9.17) is 0 Å². The fraction of sp³-hybridized carbons (Fsp3) is 0.286. The number of carbonyl (C=O) groups is 1. The standard InChI is InChI=1S/C14H16N4O/c1-17-11(6-7-16-17)10-18-9-8-15-14(19)12-4-2-3-5-13(12)18/h2-7H,8-10H2,1H3,(H,15,19). The van der Waals surface area contributed by atoms with E-state index >= 15 is 0 Å². The van der Waals surface area contributed by atoms with Crippen LogP contribution >= 0.6 is 0 Å². The van der Waals surface area contributed by atoms with Gasteiger partial charge in [0.2, 0.25) is 0 Å². The first-order valence-electron chi connectivity index (χ1n) is 6.35. The first-order valence-corrected chi connectivity index (χ1v) is 6.35. The van der Waals surface area contributed by atoms with Crippen LogP contribution in [-0.4, -0.2) is 28.8 Å². The number of fused-ring (bicyclic) bond motifs is 1. The van der Waals surface area contributed by atoms with E-state index in [-0.39, 0.29) is 5.91 Å². The van der Waals surface area contributed by atoms with Gasteiger partial charge in [0.1, 0.15) is 0 Å². The average molecular weight is 256 g/mol. The van der Waals surface area contributed by atoms with E-state index in [0.717, 1.165) is 30.0 Å². The van der Waals surface area contributed by atoms with Crippen LogP contribution in [0.4, 0.5) is 5.69 Å². The van der Waals surface area contributed by atoms with E-state index in [9.17, 15) is 4.79 Å². The van der Waals surface area contributed by atoms with Gasteiger partial charge in [-0.15, -0.1) is 0 Å². The molecule has 0 saturated heterocycles. The molecule has 0 bridgehead atoms. The van der Waals surface area contributed by atoms with E-state index in [1.165, 1.54) is 0 Å². The summed E-state index contributed by atoms with van der Waals surface area (Å²) in [4.78, 5) is 14.2. The predicted octanol–water partition coefficient (Wildman–Crippen LogP) is 1.17. The number of aryl methyl sites for hydroxylation is 1. The Morgan fingerprint density at radius 3 is 2.95 bits per heavy atom. The highest BCUT2D eigenvalue weighted by molar-refractivity contribution is 6.00. The summed E-state index contributed by atoms with van der Waals surface area (Å²) in [6, 6.07) is 9.73. The maximum absolute atomic E-state index is 12.0. The third kappa shape index (κ3) is 2.19. The SMILES string of the molecule is Cn1nccc1CN1CCNC(=O)c2ccccc21. The van der Waals surface area contributed by atoms with Gasteiger partial charge in [-0.05, 0) is 18.2 Å². The summed E-state index contributed by atoms with van der Waals surface area (Å²) >= 11 is 0. The first-order chi connectivity index (χ1) is 9.25. The lowest BCUT2D eigenvalue weighted by atomic mass is 10.1. The van der Waals surface area contributed by atoms with Crippen molar-refractivity contribution in [2.45, 2.75) is 6.54 Å². The number of aromatic nitrogens is 2. The molecule has 1 aromatic carbocycles. The monoisotopic (exact) mass is 256 g/mol. The molecule has 0 atom stereocenters. The summed E-state index contributed by atoms with van der Waals surface area (Å²) in [5, 5.41) is 7.11. The minimum atomic E-state index is 0.00288. The van der Waals surface area contributed by atoms with Gasteiger partial charge >= 0.3 is 0 Å². The van der Waals surface area contributed by atoms with E-state index < -0.39 is 0 Å². The van der Waals surface area contributed by atoms with Crippen molar-refractivity contribution in [2.24, 2.45) is 7.05 Å². The molecule has 0 spiro atoms. The van der Waals surface area contributed by atoms with Crippen LogP contribution in [0.1, 0.15) is 16.1 Å². The normalized spacial score (nSPS) is 14.8. The van der Waals surface area contributed by atoms with Crippen molar-refractivity contribution >= 4 is 11.6 Å². The van der Waals surface area contributed by atoms with Gasteiger partial charge < -0.3 is 10.2 Å². The van der Waals surface area contributed by atoms with Crippen molar-refractivity contribution in [3.8, 4) is 0 Å². The van der Waals surface area contributed by atoms with Crippen LogP contribution in [0.2, 0.25) is 0 Å². The van der Waals surface area contributed by atoms with Crippen LogP contribution in [-0.2, 0) is 13.6 Å². The van der Waals surface area contributed by atoms with Crippen molar-refractivity contribution < 1.29 is 4.79 Å². The Bertz CT molecular complexity index is 605. The number of para-hydroxylation sites is 1. The number of benzene rings is 1. The first kappa shape index (κ1) is 11.8. The lowest BCUT2D eigenvalue weighted by Crippen LogP contribution is -2.30. The molecule has 19 heavy (non-hydrogen) atoms. The van der Waals surface area contributed by atoms with E-state index in [1.807, 2.05) is 42.1 Å². The molecule has 1 aliphatic heterocycles. The number of anilines is 1. The molecule has 0 radical (unpaired) electrons. The van der Waals surface area contributed by atoms with Gasteiger partial charge in [-0.3, -0.25) is 9.48 Å². The number of nitrogens with zero attached hydrogens (tertiary/aromatic N) is 3. The van der Waals surface area contributed by atoms with E-state index in [1.54, 1.807) is 6.20 Å². The topological polar surface area (TPSA) is 50.2 Å². The zero-order valence-corrected chi connectivity index (χ0v) is 10.8. The van der Waals surface area contributed by atoms with E-state index in [0.29, 0.717) is 6.54 Å². The number of carbonyl (C=O) groups excluding carboxylic acids is 1. The van der Waals surface area contributed by atoms with Gasteiger partial charge in [0.25, 0.3) is 5.91 Å². The second-order valence-electron chi connectivity index (χ2n) is 4.64. The third-order valence-electron chi connectivity index (χ3n) is 3.43. The minimum absolute atomic E-state index is 0.00288. The van der Waals surface area contributed by atoms with Gasteiger partial charge in [0.15, 0.2) is 0 Å². The Balaban J connectivity index is 1.95. The summed E-state index contributed by atoms with van der Waals surface area (Å²) in [6.07, 6.45) is 1.79. The minimum Gasteiger partial charge on any atom is -0.363 e. The fourth-order valence-electron chi connectivity index (χ4n) is 2.38. The summed E-state index contributed by atoms with van der Waals surface area (Å²) in [6.45, 7) is 2.21. The maximum atomic E-state index is 12.0. The molecule has 1 amide bonds. The summed E-state index contributed by atoms with van der Waals surface area (Å²) < 4.78 is 1.86. The molecule has 2 heterocycles. The number of nitrogens with one attached hydrogen (secondary N) is 1. The molecule has 98 valence electrons. The largest absolute Gasteiger partial charge is 0.363 e. The van der Waals surface area contributed by atoms with Gasteiger partial charge in [-0.1, -0.05) is 12.1 Å². The van der Waals surface area contributed by atoms with Crippen molar-refractivity contribution in [1.29, 1.82) is 0 Å². The van der Waals surface area contributed by atoms with Crippen LogP contribution in [0.25, 0.3) is 0 Å². The van der Waals surface area contributed by atoms with Crippen molar-refractivity contribution in [2.75, 3.05) is 18.0 Å². The van der Waals surface area contributed by atoms with Crippen molar-refractivity contribution in [1.82, 2.24) is 15.1 Å². The quantitative estimate of drug-likeness (QED) is 0.877. The van der Waals surface area contributed by atoms with Crippen LogP contribution in [0.15, 0.2) is 36.5 Å². The molecule has 5 heteroatoms. The molecule has 0 saturated carbocycles. The van der Waals surface area contributed by atoms with Crippen LogP contribution in [0.3, 0.4) is 0 Å². The lowest BCUT2D eigenvalue weighted by molar-refractivity contribution is 0.0958. The highest BCUT2D eigenvalue weighted by Gasteiger charge is 2.20. The molecule has 1 aromatic heterocycles. The average Bonchev–Trinajstić information content (AvgIpc) is 2.75. The number of hydrogen-bond donors (Lipinski definition) is 1. The molecule has 0 aliphatic carbocycles. The highest BCUT2D eigenvalue weighted by Crippen LogP contribution is 2.23. The predicted molar refractivity (Wildman–Crippen MR) is 73.0 cm³/mol. The van der Waals surface area contributed by atoms with Gasteiger partial charge in [0, 0.05) is 32.0 Å².